The maximum absolute atomic E-state index is 11.3. The number of nitrogens with two attached hydrogens (primary N) is 1. The number of ether oxygens (including phenoxy) is 1. The Morgan fingerprint density at radius 3 is 2.54 bits per heavy atom. The second-order valence-corrected chi connectivity index (χ2v) is 7.09. The van der Waals surface area contributed by atoms with Gasteiger partial charge < -0.3 is 19.8 Å². The first-order valence-electron chi connectivity index (χ1n) is 8.14. The average molecular weight is 380 g/mol. The number of methoxy groups -OCH3 is 1. The lowest BCUT2D eigenvalue weighted by atomic mass is 10.2. The molecule has 0 atom stereocenters. The SMILES string of the molecule is COCCNC(=NCc1ccc(S(N)(=O)=O)cc1)NCCc1ccco1. The van der Waals surface area contributed by atoms with Crippen molar-refractivity contribution < 1.29 is 17.6 Å². The Morgan fingerprint density at radius 1 is 1.19 bits per heavy atom. The molecular weight excluding hydrogens is 356 g/mol. The lowest BCUT2D eigenvalue weighted by Crippen LogP contribution is -2.40. The van der Waals surface area contributed by atoms with Crippen molar-refractivity contribution in [2.45, 2.75) is 17.9 Å². The van der Waals surface area contributed by atoms with Crippen LogP contribution in [0.25, 0.3) is 0 Å². The summed E-state index contributed by atoms with van der Waals surface area (Å²) in [5, 5.41) is 11.5. The smallest absolute Gasteiger partial charge is 0.238 e. The van der Waals surface area contributed by atoms with Gasteiger partial charge in [0.05, 0.1) is 24.3 Å². The van der Waals surface area contributed by atoms with Crippen LogP contribution in [0.4, 0.5) is 0 Å². The van der Waals surface area contributed by atoms with Gasteiger partial charge in [-0.1, -0.05) is 12.1 Å². The standard InChI is InChI=1S/C17H24N4O4S/c1-24-12-10-20-17(19-9-8-15-3-2-11-25-15)21-13-14-4-6-16(7-5-14)26(18,22)23/h2-7,11H,8-10,12-13H2,1H3,(H2,18,22,23)(H2,19,20,21). The summed E-state index contributed by atoms with van der Waals surface area (Å²) >= 11 is 0. The van der Waals surface area contributed by atoms with Crippen LogP contribution in [0.3, 0.4) is 0 Å². The van der Waals surface area contributed by atoms with E-state index >= 15 is 0 Å². The van der Waals surface area contributed by atoms with E-state index in [0.717, 1.165) is 17.7 Å². The highest BCUT2D eigenvalue weighted by atomic mass is 32.2. The first-order valence-corrected chi connectivity index (χ1v) is 9.69. The van der Waals surface area contributed by atoms with Gasteiger partial charge in [-0.25, -0.2) is 18.5 Å². The quantitative estimate of drug-likeness (QED) is 0.337. The molecule has 142 valence electrons. The maximum atomic E-state index is 11.3. The first-order chi connectivity index (χ1) is 12.5. The summed E-state index contributed by atoms with van der Waals surface area (Å²) in [4.78, 5) is 4.59. The Labute approximate surface area is 153 Å². The van der Waals surface area contributed by atoms with E-state index in [4.69, 9.17) is 14.3 Å². The lowest BCUT2D eigenvalue weighted by Gasteiger charge is -2.12. The van der Waals surface area contributed by atoms with Crippen LogP contribution in [0.1, 0.15) is 11.3 Å². The number of guanidine groups is 1. The molecule has 0 amide bonds. The largest absolute Gasteiger partial charge is 0.469 e. The third kappa shape index (κ3) is 6.87. The van der Waals surface area contributed by atoms with Gasteiger partial charge in [-0.2, -0.15) is 0 Å². The molecule has 2 rings (SSSR count). The van der Waals surface area contributed by atoms with Gasteiger partial charge >= 0.3 is 0 Å². The molecule has 0 bridgehead atoms. The number of nitrogens with one attached hydrogen (secondary N) is 2. The minimum Gasteiger partial charge on any atom is -0.469 e. The summed E-state index contributed by atoms with van der Waals surface area (Å²) in [7, 11) is -2.05. The number of rotatable bonds is 9. The normalized spacial score (nSPS) is 12.2. The van der Waals surface area contributed by atoms with Crippen molar-refractivity contribution in [1.82, 2.24) is 10.6 Å². The van der Waals surface area contributed by atoms with E-state index in [1.807, 2.05) is 12.1 Å². The van der Waals surface area contributed by atoms with Crippen molar-refractivity contribution in [3.63, 3.8) is 0 Å². The summed E-state index contributed by atoms with van der Waals surface area (Å²) in [6, 6.07) is 10.1. The van der Waals surface area contributed by atoms with Crippen LogP contribution in [0.15, 0.2) is 57.0 Å². The van der Waals surface area contributed by atoms with E-state index in [-0.39, 0.29) is 4.90 Å². The van der Waals surface area contributed by atoms with Gasteiger partial charge in [0.1, 0.15) is 5.76 Å². The van der Waals surface area contributed by atoms with Crippen LogP contribution in [-0.2, 0) is 27.7 Å². The number of nitrogens with zero attached hydrogens (tertiary/aromatic N) is 1. The van der Waals surface area contributed by atoms with Crippen molar-refractivity contribution in [1.29, 1.82) is 0 Å². The van der Waals surface area contributed by atoms with Gasteiger partial charge in [-0.15, -0.1) is 0 Å². The number of hydrogen-bond acceptors (Lipinski definition) is 5. The molecule has 0 saturated carbocycles. The molecule has 0 radical (unpaired) electrons. The molecule has 0 saturated heterocycles. The molecule has 4 N–H and O–H groups in total. The predicted molar refractivity (Wildman–Crippen MR) is 99.2 cm³/mol. The number of aliphatic imine (C=N–C) groups is 1. The third-order valence-electron chi connectivity index (χ3n) is 3.51. The fraction of sp³-hybridized carbons (Fsp3) is 0.353. The zero-order chi connectivity index (χ0) is 18.8. The minimum atomic E-state index is -3.68. The number of hydrogen-bond donors (Lipinski definition) is 3. The second kappa shape index (κ2) is 9.95. The Kier molecular flexibility index (Phi) is 7.64. The Morgan fingerprint density at radius 2 is 1.92 bits per heavy atom. The summed E-state index contributed by atoms with van der Waals surface area (Å²) < 4.78 is 32.9. The van der Waals surface area contributed by atoms with Gasteiger partial charge in [0, 0.05) is 26.6 Å². The summed E-state index contributed by atoms with van der Waals surface area (Å²) in [6.45, 7) is 2.24. The molecule has 9 heteroatoms. The number of furan rings is 1. The highest BCUT2D eigenvalue weighted by molar-refractivity contribution is 7.89. The van der Waals surface area contributed by atoms with Gasteiger partial charge in [0.25, 0.3) is 0 Å². The van der Waals surface area contributed by atoms with Gasteiger partial charge in [0.2, 0.25) is 10.0 Å². The van der Waals surface area contributed by atoms with Crippen molar-refractivity contribution in [2.75, 3.05) is 26.8 Å². The van der Waals surface area contributed by atoms with Gasteiger partial charge in [-0.3, -0.25) is 0 Å². The van der Waals surface area contributed by atoms with Crippen LogP contribution in [0, 0.1) is 0 Å². The van der Waals surface area contributed by atoms with Crippen LogP contribution in [-0.4, -0.2) is 41.2 Å². The lowest BCUT2D eigenvalue weighted by molar-refractivity contribution is 0.203. The van der Waals surface area contributed by atoms with Crippen molar-refractivity contribution in [3.05, 3.63) is 54.0 Å². The molecule has 1 heterocycles. The topological polar surface area (TPSA) is 119 Å². The maximum Gasteiger partial charge on any atom is 0.238 e. The molecule has 0 aliphatic rings. The molecule has 1 aromatic carbocycles. The summed E-state index contributed by atoms with van der Waals surface area (Å²) in [5.74, 6) is 1.54. The molecular formula is C17H24N4O4S. The number of sulfonamides is 1. The molecule has 2 aromatic rings. The second-order valence-electron chi connectivity index (χ2n) is 5.53. The molecule has 8 nitrogen and oxygen atoms in total. The number of primary sulfonamides is 1. The Balaban J connectivity index is 1.94. The molecule has 0 aliphatic carbocycles. The predicted octanol–water partition coefficient (Wildman–Crippen LogP) is 0.851. The van der Waals surface area contributed by atoms with Crippen molar-refractivity contribution in [3.8, 4) is 0 Å². The summed E-state index contributed by atoms with van der Waals surface area (Å²) in [6.07, 6.45) is 2.38. The van der Waals surface area contributed by atoms with E-state index in [1.54, 1.807) is 25.5 Å². The number of benzene rings is 1. The van der Waals surface area contributed by atoms with Gasteiger partial charge in [0.15, 0.2) is 5.96 Å². The van der Waals surface area contributed by atoms with Crippen molar-refractivity contribution in [2.24, 2.45) is 10.1 Å². The monoisotopic (exact) mass is 380 g/mol. The molecule has 0 fully saturated rings. The highest BCUT2D eigenvalue weighted by Crippen LogP contribution is 2.09. The van der Waals surface area contributed by atoms with E-state index in [1.165, 1.54) is 12.1 Å². The fourth-order valence-corrected chi connectivity index (χ4v) is 2.68. The van der Waals surface area contributed by atoms with Crippen molar-refractivity contribution >= 4 is 16.0 Å². The van der Waals surface area contributed by atoms with Gasteiger partial charge in [-0.05, 0) is 29.8 Å². The van der Waals surface area contributed by atoms with Crippen LogP contribution >= 0.6 is 0 Å². The average Bonchev–Trinajstić information content (AvgIpc) is 3.12. The van der Waals surface area contributed by atoms with E-state index < -0.39 is 10.0 Å². The fourth-order valence-electron chi connectivity index (χ4n) is 2.16. The van der Waals surface area contributed by atoms with E-state index in [2.05, 4.69) is 15.6 Å². The molecule has 0 spiro atoms. The Bertz CT molecular complexity index is 787. The van der Waals surface area contributed by atoms with Crippen LogP contribution in [0.5, 0.6) is 0 Å². The van der Waals surface area contributed by atoms with Crippen LogP contribution < -0.4 is 15.8 Å². The first kappa shape index (κ1) is 20.0. The highest BCUT2D eigenvalue weighted by Gasteiger charge is 2.06. The zero-order valence-electron chi connectivity index (χ0n) is 14.6. The molecule has 1 aromatic heterocycles. The van der Waals surface area contributed by atoms with E-state index in [0.29, 0.717) is 32.2 Å². The molecule has 0 unspecified atom stereocenters. The zero-order valence-corrected chi connectivity index (χ0v) is 15.5. The van der Waals surface area contributed by atoms with Crippen LogP contribution in [0.2, 0.25) is 0 Å². The third-order valence-corrected chi connectivity index (χ3v) is 4.44. The molecule has 26 heavy (non-hydrogen) atoms. The minimum absolute atomic E-state index is 0.0836. The molecule has 0 aliphatic heterocycles. The van der Waals surface area contributed by atoms with E-state index in [9.17, 15) is 8.42 Å². The Hall–Kier alpha value is -2.36. The summed E-state index contributed by atoms with van der Waals surface area (Å²) in [5.41, 5.74) is 0.872.